The number of esters is 1. The van der Waals surface area contributed by atoms with Gasteiger partial charge in [-0.05, 0) is 25.3 Å². The van der Waals surface area contributed by atoms with E-state index in [2.05, 4.69) is 5.10 Å². The van der Waals surface area contributed by atoms with Crippen LogP contribution in [0.25, 0.3) is 0 Å². The van der Waals surface area contributed by atoms with Crippen molar-refractivity contribution < 1.29 is 14.3 Å². The summed E-state index contributed by atoms with van der Waals surface area (Å²) in [5.74, 6) is -0.757. The van der Waals surface area contributed by atoms with Crippen molar-refractivity contribution in [1.29, 1.82) is 0 Å². The van der Waals surface area contributed by atoms with Gasteiger partial charge in [0.25, 0.3) is 0 Å². The maximum atomic E-state index is 12.0. The van der Waals surface area contributed by atoms with E-state index >= 15 is 0 Å². The largest absolute Gasteiger partial charge is 0.454 e. The van der Waals surface area contributed by atoms with Crippen LogP contribution in [-0.4, -0.2) is 34.4 Å². The normalized spacial score (nSPS) is 10.4. The van der Waals surface area contributed by atoms with Crippen molar-refractivity contribution in [2.45, 2.75) is 11.8 Å². The molecule has 0 aliphatic heterocycles. The molecule has 0 fully saturated rings. The van der Waals surface area contributed by atoms with Gasteiger partial charge >= 0.3 is 5.97 Å². The monoisotopic (exact) mass is 304 g/mol. The second-order valence-electron chi connectivity index (χ2n) is 4.50. The number of hydrogen-bond donors (Lipinski definition) is 0. The number of thioether (sulfide) groups is 1. The van der Waals surface area contributed by atoms with Crippen LogP contribution in [0.2, 0.25) is 0 Å². The maximum absolute atomic E-state index is 12.0. The Kier molecular flexibility index (Phi) is 4.80. The van der Waals surface area contributed by atoms with E-state index < -0.39 is 5.97 Å². The average Bonchev–Trinajstić information content (AvgIpc) is 2.84. The lowest BCUT2D eigenvalue weighted by Gasteiger charge is -2.05. The van der Waals surface area contributed by atoms with Crippen LogP contribution in [0.15, 0.2) is 35.4 Å². The highest BCUT2D eigenvalue weighted by Gasteiger charge is 2.16. The standard InChI is InChI=1S/C15H16N2O3S/c1-10-13(8-16-17(10)2)15(19)20-9-14(18)11-4-6-12(21-3)7-5-11/h4-8H,9H2,1-3H3. The van der Waals surface area contributed by atoms with E-state index in [1.165, 1.54) is 6.20 Å². The number of hydrogen-bond acceptors (Lipinski definition) is 5. The van der Waals surface area contributed by atoms with Crippen LogP contribution in [0.1, 0.15) is 26.4 Å². The molecule has 21 heavy (non-hydrogen) atoms. The Morgan fingerprint density at radius 1 is 1.29 bits per heavy atom. The molecule has 0 aliphatic rings. The third-order valence-corrected chi connectivity index (χ3v) is 3.95. The van der Waals surface area contributed by atoms with Crippen molar-refractivity contribution in [1.82, 2.24) is 9.78 Å². The third kappa shape index (κ3) is 3.52. The summed E-state index contributed by atoms with van der Waals surface area (Å²) in [5, 5.41) is 3.97. The second kappa shape index (κ2) is 6.58. The number of Topliss-reactive ketones (excluding diaryl/α,β-unsaturated/α-hetero) is 1. The van der Waals surface area contributed by atoms with Gasteiger partial charge in [0.05, 0.1) is 6.20 Å². The van der Waals surface area contributed by atoms with E-state index in [-0.39, 0.29) is 12.4 Å². The van der Waals surface area contributed by atoms with Gasteiger partial charge in [-0.2, -0.15) is 5.10 Å². The molecule has 5 nitrogen and oxygen atoms in total. The van der Waals surface area contributed by atoms with Gasteiger partial charge in [-0.15, -0.1) is 11.8 Å². The molecule has 0 atom stereocenters. The predicted octanol–water partition coefficient (Wildman–Crippen LogP) is 2.49. The van der Waals surface area contributed by atoms with E-state index in [1.54, 1.807) is 42.5 Å². The highest BCUT2D eigenvalue weighted by Crippen LogP contribution is 2.15. The van der Waals surface area contributed by atoms with E-state index in [4.69, 9.17) is 4.74 Å². The summed E-state index contributed by atoms with van der Waals surface area (Å²) in [6.07, 6.45) is 3.41. The molecule has 2 rings (SSSR count). The molecule has 0 amide bonds. The fourth-order valence-electron chi connectivity index (χ4n) is 1.77. The molecule has 0 saturated carbocycles. The van der Waals surface area contributed by atoms with E-state index in [9.17, 15) is 9.59 Å². The summed E-state index contributed by atoms with van der Waals surface area (Å²) in [6.45, 7) is 1.50. The maximum Gasteiger partial charge on any atom is 0.342 e. The Morgan fingerprint density at radius 2 is 1.95 bits per heavy atom. The van der Waals surface area contributed by atoms with Gasteiger partial charge in [0, 0.05) is 23.2 Å². The molecule has 0 N–H and O–H groups in total. The fraction of sp³-hybridized carbons (Fsp3) is 0.267. The molecule has 6 heteroatoms. The Bertz CT molecular complexity index is 662. The first-order valence-electron chi connectivity index (χ1n) is 6.36. The van der Waals surface area contributed by atoms with Gasteiger partial charge in [0.15, 0.2) is 12.4 Å². The lowest BCUT2D eigenvalue weighted by Crippen LogP contribution is -2.14. The summed E-state index contributed by atoms with van der Waals surface area (Å²) < 4.78 is 6.63. The minimum atomic E-state index is -0.533. The van der Waals surface area contributed by atoms with Crippen LogP contribution >= 0.6 is 11.8 Å². The highest BCUT2D eigenvalue weighted by atomic mass is 32.2. The molecule has 0 radical (unpaired) electrons. The average molecular weight is 304 g/mol. The third-order valence-electron chi connectivity index (χ3n) is 3.20. The Morgan fingerprint density at radius 3 is 2.48 bits per heavy atom. The SMILES string of the molecule is CSc1ccc(C(=O)COC(=O)c2cnn(C)c2C)cc1. The Labute approximate surface area is 127 Å². The molecule has 0 spiro atoms. The summed E-state index contributed by atoms with van der Waals surface area (Å²) in [5.41, 5.74) is 1.61. The number of ether oxygens (including phenoxy) is 1. The number of aromatic nitrogens is 2. The first kappa shape index (κ1) is 15.3. The van der Waals surface area contributed by atoms with Crippen molar-refractivity contribution in [3.05, 3.63) is 47.3 Å². The summed E-state index contributed by atoms with van der Waals surface area (Å²) in [7, 11) is 1.74. The minimum Gasteiger partial charge on any atom is -0.454 e. The predicted molar refractivity (Wildman–Crippen MR) is 80.8 cm³/mol. The molecule has 2 aromatic rings. The van der Waals surface area contributed by atoms with Crippen LogP contribution in [0.3, 0.4) is 0 Å². The van der Waals surface area contributed by atoms with E-state index in [0.717, 1.165) is 4.90 Å². The fourth-order valence-corrected chi connectivity index (χ4v) is 2.18. The number of carbonyl (C=O) groups excluding carboxylic acids is 2. The lowest BCUT2D eigenvalue weighted by atomic mass is 10.1. The first-order chi connectivity index (χ1) is 10.0. The first-order valence-corrected chi connectivity index (χ1v) is 7.58. The zero-order chi connectivity index (χ0) is 15.4. The Hall–Kier alpha value is -2.08. The molecule has 0 aliphatic carbocycles. The summed E-state index contributed by atoms with van der Waals surface area (Å²) >= 11 is 1.60. The number of ketones is 1. The van der Waals surface area contributed by atoms with Crippen molar-refractivity contribution in [3.8, 4) is 0 Å². The van der Waals surface area contributed by atoms with Gasteiger partial charge in [-0.1, -0.05) is 12.1 Å². The lowest BCUT2D eigenvalue weighted by molar-refractivity contribution is 0.0474. The Balaban J connectivity index is 1.97. The number of benzene rings is 1. The van der Waals surface area contributed by atoms with Crippen molar-refractivity contribution >= 4 is 23.5 Å². The molecule has 0 unspecified atom stereocenters. The van der Waals surface area contributed by atoms with Crippen molar-refractivity contribution in [2.24, 2.45) is 7.05 Å². The van der Waals surface area contributed by atoms with Gasteiger partial charge < -0.3 is 4.74 Å². The summed E-state index contributed by atoms with van der Waals surface area (Å²) in [4.78, 5) is 24.9. The molecular formula is C15H16N2O3S. The molecule has 1 heterocycles. The van der Waals surface area contributed by atoms with Crippen LogP contribution in [0, 0.1) is 6.92 Å². The van der Waals surface area contributed by atoms with Gasteiger partial charge in [0.1, 0.15) is 5.56 Å². The molecule has 0 saturated heterocycles. The number of nitrogens with zero attached hydrogens (tertiary/aromatic N) is 2. The highest BCUT2D eigenvalue weighted by molar-refractivity contribution is 7.98. The van der Waals surface area contributed by atoms with Gasteiger partial charge in [-0.3, -0.25) is 9.48 Å². The van der Waals surface area contributed by atoms with Crippen LogP contribution in [-0.2, 0) is 11.8 Å². The smallest absolute Gasteiger partial charge is 0.342 e. The van der Waals surface area contributed by atoms with E-state index in [0.29, 0.717) is 16.8 Å². The van der Waals surface area contributed by atoms with Crippen LogP contribution < -0.4 is 0 Å². The van der Waals surface area contributed by atoms with Gasteiger partial charge in [0.2, 0.25) is 0 Å². The molecular weight excluding hydrogens is 288 g/mol. The van der Waals surface area contributed by atoms with Crippen molar-refractivity contribution in [2.75, 3.05) is 12.9 Å². The molecule has 0 bridgehead atoms. The number of rotatable bonds is 5. The zero-order valence-electron chi connectivity index (χ0n) is 12.1. The number of carbonyl (C=O) groups is 2. The topological polar surface area (TPSA) is 61.2 Å². The van der Waals surface area contributed by atoms with Crippen LogP contribution in [0.4, 0.5) is 0 Å². The minimum absolute atomic E-state index is 0.224. The number of aryl methyl sites for hydroxylation is 1. The van der Waals surface area contributed by atoms with Crippen molar-refractivity contribution in [3.63, 3.8) is 0 Å². The quantitative estimate of drug-likeness (QED) is 0.482. The summed E-state index contributed by atoms with van der Waals surface area (Å²) in [6, 6.07) is 7.20. The molecule has 110 valence electrons. The van der Waals surface area contributed by atoms with Gasteiger partial charge in [-0.25, -0.2) is 4.79 Å². The van der Waals surface area contributed by atoms with E-state index in [1.807, 2.05) is 18.4 Å². The second-order valence-corrected chi connectivity index (χ2v) is 5.37. The molecule has 1 aromatic carbocycles. The zero-order valence-corrected chi connectivity index (χ0v) is 12.9. The van der Waals surface area contributed by atoms with Crippen LogP contribution in [0.5, 0.6) is 0 Å². The molecule has 1 aromatic heterocycles.